The number of nitrogens with zero attached hydrogens (tertiary/aromatic N) is 2. The van der Waals surface area contributed by atoms with E-state index in [9.17, 15) is 0 Å². The molecule has 0 spiro atoms. The number of pyridine rings is 1. The van der Waals surface area contributed by atoms with Crippen molar-refractivity contribution < 1.29 is 9.47 Å². The summed E-state index contributed by atoms with van der Waals surface area (Å²) in [5.41, 5.74) is 1.82. The molecule has 5 nitrogen and oxygen atoms in total. The van der Waals surface area contributed by atoms with Crippen LogP contribution in [0.4, 0.5) is 5.69 Å². The van der Waals surface area contributed by atoms with Gasteiger partial charge in [0.25, 0.3) is 0 Å². The van der Waals surface area contributed by atoms with Gasteiger partial charge in [-0.15, -0.1) is 11.3 Å². The number of thiophene rings is 1. The van der Waals surface area contributed by atoms with Gasteiger partial charge in [0.05, 0.1) is 37.7 Å². The van der Waals surface area contributed by atoms with Crippen molar-refractivity contribution in [2.24, 2.45) is 0 Å². The maximum Gasteiger partial charge on any atom is 0.174 e. The summed E-state index contributed by atoms with van der Waals surface area (Å²) < 4.78 is 11.1. The first-order valence-corrected chi connectivity index (χ1v) is 10.1. The van der Waals surface area contributed by atoms with E-state index in [2.05, 4.69) is 34.3 Å². The number of aryl methyl sites for hydroxylation is 1. The average Bonchev–Trinajstić information content (AvgIpc) is 3.30. The van der Waals surface area contributed by atoms with Gasteiger partial charge in [0.2, 0.25) is 0 Å². The normalized spacial score (nSPS) is 18.8. The molecule has 1 aromatic carbocycles. The van der Waals surface area contributed by atoms with Gasteiger partial charge in [-0.25, -0.2) is 0 Å². The zero-order chi connectivity index (χ0) is 19.7. The monoisotopic (exact) mass is 411 g/mol. The van der Waals surface area contributed by atoms with Gasteiger partial charge < -0.3 is 19.7 Å². The second kappa shape index (κ2) is 7.77. The Bertz CT molecular complexity index is 990. The van der Waals surface area contributed by atoms with Crippen LogP contribution in [0.1, 0.15) is 27.5 Å². The molecule has 3 heterocycles. The summed E-state index contributed by atoms with van der Waals surface area (Å²) in [5, 5.41) is 4.11. The Morgan fingerprint density at radius 2 is 1.96 bits per heavy atom. The van der Waals surface area contributed by atoms with Crippen LogP contribution < -0.4 is 19.7 Å². The highest BCUT2D eigenvalue weighted by molar-refractivity contribution is 7.80. The second-order valence-corrected chi connectivity index (χ2v) is 8.19. The molecular weight excluding hydrogens is 390 g/mol. The molecule has 1 saturated heterocycles. The first-order chi connectivity index (χ1) is 13.6. The Morgan fingerprint density at radius 1 is 1.11 bits per heavy atom. The highest BCUT2D eigenvalue weighted by Gasteiger charge is 2.42. The van der Waals surface area contributed by atoms with Gasteiger partial charge in [-0.1, -0.05) is 6.07 Å². The molecule has 0 aliphatic carbocycles. The Kier molecular flexibility index (Phi) is 5.19. The van der Waals surface area contributed by atoms with Crippen LogP contribution in [-0.2, 0) is 0 Å². The highest BCUT2D eigenvalue weighted by Crippen LogP contribution is 2.46. The Labute approximate surface area is 173 Å². The Morgan fingerprint density at radius 3 is 2.61 bits per heavy atom. The van der Waals surface area contributed by atoms with Gasteiger partial charge in [-0.3, -0.25) is 4.98 Å². The van der Waals surface area contributed by atoms with Gasteiger partial charge in [0.1, 0.15) is 11.5 Å². The van der Waals surface area contributed by atoms with Crippen LogP contribution in [0, 0.1) is 6.92 Å². The molecule has 1 fully saturated rings. The topological polar surface area (TPSA) is 46.6 Å². The standard InChI is InChI=1S/C21H21N3O2S2/c1-13-7-10-18(28-13)20-19(15-6-4-5-11-22-15)23-21(27)24(20)16-12-14(25-2)8-9-17(16)26-3/h4-12,19-20H,1-3H3,(H,23,27)/t19-,20-/m0/s1. The summed E-state index contributed by atoms with van der Waals surface area (Å²) in [4.78, 5) is 9.16. The first-order valence-electron chi connectivity index (χ1n) is 8.91. The SMILES string of the molecule is COc1ccc(OC)c(N2C(=S)N[C@@H](c3ccccn3)[C@@H]2c2ccc(C)s2)c1. The molecule has 144 valence electrons. The number of methoxy groups -OCH3 is 2. The number of hydrogen-bond donors (Lipinski definition) is 1. The fraction of sp³-hybridized carbons (Fsp3) is 0.238. The highest BCUT2D eigenvalue weighted by atomic mass is 32.1. The Balaban J connectivity index is 1.87. The largest absolute Gasteiger partial charge is 0.497 e. The molecule has 28 heavy (non-hydrogen) atoms. The van der Waals surface area contributed by atoms with Crippen molar-refractivity contribution >= 4 is 34.4 Å². The lowest BCUT2D eigenvalue weighted by Gasteiger charge is -2.28. The van der Waals surface area contributed by atoms with Crippen molar-refractivity contribution in [3.05, 3.63) is 70.2 Å². The predicted molar refractivity (Wildman–Crippen MR) is 117 cm³/mol. The smallest absolute Gasteiger partial charge is 0.174 e. The molecule has 0 saturated carbocycles. The van der Waals surface area contributed by atoms with Crippen LogP contribution >= 0.6 is 23.6 Å². The summed E-state index contributed by atoms with van der Waals surface area (Å²) in [6, 6.07) is 15.9. The number of anilines is 1. The summed E-state index contributed by atoms with van der Waals surface area (Å²) in [6.07, 6.45) is 1.81. The van der Waals surface area contributed by atoms with E-state index in [1.54, 1.807) is 25.6 Å². The quantitative estimate of drug-likeness (QED) is 0.617. The molecule has 1 aliphatic heterocycles. The van der Waals surface area contributed by atoms with E-state index in [0.717, 1.165) is 22.9 Å². The molecule has 7 heteroatoms. The first kappa shape index (κ1) is 18.7. The number of benzene rings is 1. The molecule has 0 amide bonds. The lowest BCUT2D eigenvalue weighted by molar-refractivity contribution is 0.403. The fourth-order valence-electron chi connectivity index (χ4n) is 3.50. The third-order valence-corrected chi connectivity index (χ3v) is 6.18. The molecule has 1 N–H and O–H groups in total. The molecule has 2 atom stereocenters. The summed E-state index contributed by atoms with van der Waals surface area (Å²) in [6.45, 7) is 2.11. The van der Waals surface area contributed by atoms with Gasteiger partial charge in [0.15, 0.2) is 5.11 Å². The molecule has 0 bridgehead atoms. The van der Waals surface area contributed by atoms with Crippen LogP contribution in [0.5, 0.6) is 11.5 Å². The van der Waals surface area contributed by atoms with Crippen molar-refractivity contribution in [1.29, 1.82) is 0 Å². The molecule has 2 aromatic heterocycles. The third kappa shape index (κ3) is 3.31. The zero-order valence-corrected chi connectivity index (χ0v) is 17.5. The van der Waals surface area contributed by atoms with Crippen LogP contribution in [0.25, 0.3) is 0 Å². The van der Waals surface area contributed by atoms with Crippen molar-refractivity contribution in [3.63, 3.8) is 0 Å². The van der Waals surface area contributed by atoms with E-state index in [0.29, 0.717) is 5.11 Å². The minimum absolute atomic E-state index is 0.0397. The number of nitrogens with one attached hydrogen (secondary N) is 1. The van der Waals surface area contributed by atoms with E-state index in [1.807, 2.05) is 42.6 Å². The van der Waals surface area contributed by atoms with Crippen molar-refractivity contribution in [2.45, 2.75) is 19.0 Å². The molecule has 3 aromatic rings. The molecule has 1 aliphatic rings. The summed E-state index contributed by atoms with van der Waals surface area (Å²) >= 11 is 7.53. The van der Waals surface area contributed by atoms with Gasteiger partial charge in [-0.05, 0) is 55.5 Å². The average molecular weight is 412 g/mol. The lowest BCUT2D eigenvalue weighted by atomic mass is 10.0. The number of ether oxygens (including phenoxy) is 2. The van der Waals surface area contributed by atoms with Crippen molar-refractivity contribution in [3.8, 4) is 11.5 Å². The van der Waals surface area contributed by atoms with Crippen LogP contribution in [0.2, 0.25) is 0 Å². The van der Waals surface area contributed by atoms with E-state index in [1.165, 1.54) is 9.75 Å². The van der Waals surface area contributed by atoms with E-state index in [4.69, 9.17) is 21.7 Å². The number of aromatic nitrogens is 1. The van der Waals surface area contributed by atoms with Crippen molar-refractivity contribution in [2.75, 3.05) is 19.1 Å². The molecule has 0 unspecified atom stereocenters. The van der Waals surface area contributed by atoms with Gasteiger partial charge >= 0.3 is 0 Å². The third-order valence-electron chi connectivity index (χ3n) is 4.80. The zero-order valence-electron chi connectivity index (χ0n) is 15.9. The maximum absolute atomic E-state index is 5.77. The number of hydrogen-bond acceptors (Lipinski definition) is 5. The maximum atomic E-state index is 5.77. The Hall–Kier alpha value is -2.64. The molecule has 4 rings (SSSR count). The minimum Gasteiger partial charge on any atom is -0.497 e. The number of rotatable bonds is 5. The molecule has 0 radical (unpaired) electrons. The van der Waals surface area contributed by atoms with Crippen LogP contribution in [-0.4, -0.2) is 24.3 Å². The predicted octanol–water partition coefficient (Wildman–Crippen LogP) is 4.65. The second-order valence-electron chi connectivity index (χ2n) is 6.48. The minimum atomic E-state index is -0.0670. The fourth-order valence-corrected chi connectivity index (χ4v) is 4.85. The van der Waals surface area contributed by atoms with E-state index in [-0.39, 0.29) is 12.1 Å². The number of thiocarbonyl (C=S) groups is 1. The molecular formula is C21H21N3O2S2. The summed E-state index contributed by atoms with van der Waals surface area (Å²) in [5.74, 6) is 1.49. The summed E-state index contributed by atoms with van der Waals surface area (Å²) in [7, 11) is 3.32. The van der Waals surface area contributed by atoms with E-state index >= 15 is 0 Å². The van der Waals surface area contributed by atoms with Crippen LogP contribution in [0.3, 0.4) is 0 Å². The van der Waals surface area contributed by atoms with Crippen molar-refractivity contribution in [1.82, 2.24) is 10.3 Å². The van der Waals surface area contributed by atoms with Crippen LogP contribution in [0.15, 0.2) is 54.7 Å². The van der Waals surface area contributed by atoms with E-state index < -0.39 is 0 Å². The van der Waals surface area contributed by atoms with Gasteiger partial charge in [0, 0.05) is 22.0 Å². The van der Waals surface area contributed by atoms with Gasteiger partial charge in [-0.2, -0.15) is 0 Å². The lowest BCUT2D eigenvalue weighted by Crippen LogP contribution is -2.29.